The zero-order valence-corrected chi connectivity index (χ0v) is 11.3. The fourth-order valence-corrected chi connectivity index (χ4v) is 2.24. The van der Waals surface area contributed by atoms with Crippen molar-refractivity contribution in [1.82, 2.24) is 9.97 Å². The Morgan fingerprint density at radius 2 is 2.05 bits per heavy atom. The van der Waals surface area contributed by atoms with Crippen molar-refractivity contribution >= 4 is 23.3 Å². The van der Waals surface area contributed by atoms with Gasteiger partial charge in [0.05, 0.1) is 4.92 Å². The summed E-state index contributed by atoms with van der Waals surface area (Å²) in [4.78, 5) is 20.8. The second-order valence-corrected chi connectivity index (χ2v) is 4.92. The van der Waals surface area contributed by atoms with Crippen molar-refractivity contribution in [2.75, 3.05) is 19.0 Å². The van der Waals surface area contributed by atoms with Gasteiger partial charge in [0.1, 0.15) is 10.8 Å². The Hall–Kier alpha value is -2.15. The van der Waals surface area contributed by atoms with E-state index in [1.54, 1.807) is 29.3 Å². The van der Waals surface area contributed by atoms with Gasteiger partial charge in [0, 0.05) is 26.4 Å². The molecule has 2 rings (SSSR count). The summed E-state index contributed by atoms with van der Waals surface area (Å²) < 4.78 is 0. The van der Waals surface area contributed by atoms with Crippen molar-refractivity contribution in [1.29, 1.82) is 0 Å². The van der Waals surface area contributed by atoms with Crippen LogP contribution in [0.4, 0.5) is 11.5 Å². The molecule has 0 radical (unpaired) electrons. The maximum Gasteiger partial charge on any atom is 0.301 e. The molecule has 19 heavy (non-hydrogen) atoms. The molecular weight excluding hydrogens is 264 g/mol. The number of aromatic nitrogens is 2. The maximum atomic E-state index is 11.0. The van der Waals surface area contributed by atoms with E-state index >= 15 is 0 Å². The van der Waals surface area contributed by atoms with E-state index in [1.165, 1.54) is 17.8 Å². The van der Waals surface area contributed by atoms with Crippen LogP contribution < -0.4 is 4.90 Å². The molecule has 6 nitrogen and oxygen atoms in total. The number of pyridine rings is 2. The summed E-state index contributed by atoms with van der Waals surface area (Å²) >= 11 is 1.18. The first-order valence-electron chi connectivity index (χ1n) is 5.49. The molecule has 0 aliphatic carbocycles. The molecule has 0 unspecified atom stereocenters. The Balaban J connectivity index is 2.41. The van der Waals surface area contributed by atoms with Gasteiger partial charge in [0.25, 0.3) is 0 Å². The van der Waals surface area contributed by atoms with Gasteiger partial charge in [-0.05, 0) is 30.0 Å². The van der Waals surface area contributed by atoms with E-state index in [-0.39, 0.29) is 5.69 Å². The molecule has 0 atom stereocenters. The van der Waals surface area contributed by atoms with E-state index in [0.717, 1.165) is 0 Å². The molecule has 2 aromatic heterocycles. The molecule has 98 valence electrons. The Labute approximate surface area is 114 Å². The Morgan fingerprint density at radius 1 is 1.26 bits per heavy atom. The minimum absolute atomic E-state index is 0.0127. The second-order valence-electron chi connectivity index (χ2n) is 3.92. The van der Waals surface area contributed by atoms with Crippen LogP contribution in [0.25, 0.3) is 0 Å². The molecule has 0 N–H and O–H groups in total. The molecular formula is C12H12N4O2S. The highest BCUT2D eigenvalue weighted by molar-refractivity contribution is 7.99. The molecule has 2 heterocycles. The summed E-state index contributed by atoms with van der Waals surface area (Å²) in [6.45, 7) is 0. The van der Waals surface area contributed by atoms with Gasteiger partial charge in [-0.3, -0.25) is 10.1 Å². The highest BCUT2D eigenvalue weighted by Crippen LogP contribution is 2.33. The topological polar surface area (TPSA) is 72.2 Å². The maximum absolute atomic E-state index is 11.0. The quantitative estimate of drug-likeness (QED) is 0.631. The third kappa shape index (κ3) is 3.19. The van der Waals surface area contributed by atoms with Gasteiger partial charge >= 0.3 is 5.69 Å². The fourth-order valence-electron chi connectivity index (χ4n) is 1.39. The van der Waals surface area contributed by atoms with Crippen LogP contribution >= 0.6 is 11.8 Å². The molecule has 0 saturated heterocycles. The lowest BCUT2D eigenvalue weighted by Crippen LogP contribution is -2.11. The van der Waals surface area contributed by atoms with Crippen molar-refractivity contribution in [2.24, 2.45) is 0 Å². The first-order chi connectivity index (χ1) is 9.08. The van der Waals surface area contributed by atoms with Crippen molar-refractivity contribution < 1.29 is 4.92 Å². The molecule has 0 aromatic carbocycles. The molecule has 0 aliphatic rings. The van der Waals surface area contributed by atoms with E-state index in [2.05, 4.69) is 9.97 Å². The summed E-state index contributed by atoms with van der Waals surface area (Å²) in [5.41, 5.74) is -0.0127. The van der Waals surface area contributed by atoms with Gasteiger partial charge in [-0.15, -0.1) is 0 Å². The van der Waals surface area contributed by atoms with Crippen LogP contribution in [0, 0.1) is 10.1 Å². The van der Waals surface area contributed by atoms with Crippen LogP contribution in [0.3, 0.4) is 0 Å². The zero-order chi connectivity index (χ0) is 13.8. The third-order valence-corrected chi connectivity index (χ3v) is 3.26. The van der Waals surface area contributed by atoms with Gasteiger partial charge in [0.2, 0.25) is 0 Å². The van der Waals surface area contributed by atoms with Crippen molar-refractivity contribution in [3.63, 3.8) is 0 Å². The predicted octanol–water partition coefficient (Wildman–Crippen LogP) is 2.60. The Kier molecular flexibility index (Phi) is 3.96. The van der Waals surface area contributed by atoms with E-state index in [1.807, 2.05) is 20.2 Å². The zero-order valence-electron chi connectivity index (χ0n) is 10.5. The van der Waals surface area contributed by atoms with Gasteiger partial charge < -0.3 is 4.90 Å². The van der Waals surface area contributed by atoms with Crippen molar-refractivity contribution in [3.8, 4) is 0 Å². The minimum atomic E-state index is -0.433. The summed E-state index contributed by atoms with van der Waals surface area (Å²) in [7, 11) is 3.67. The van der Waals surface area contributed by atoms with Gasteiger partial charge in [-0.2, -0.15) is 0 Å². The van der Waals surface area contributed by atoms with Crippen LogP contribution in [0.1, 0.15) is 0 Å². The van der Waals surface area contributed by atoms with Gasteiger partial charge in [-0.25, -0.2) is 9.97 Å². The first-order valence-corrected chi connectivity index (χ1v) is 6.31. The molecule has 0 aliphatic heterocycles. The van der Waals surface area contributed by atoms with Crippen molar-refractivity contribution in [3.05, 3.63) is 46.6 Å². The summed E-state index contributed by atoms with van der Waals surface area (Å²) in [6, 6.07) is 8.51. The smallest absolute Gasteiger partial charge is 0.301 e. The first kappa shape index (κ1) is 13.3. The third-order valence-electron chi connectivity index (χ3n) is 2.32. The molecule has 0 saturated carbocycles. The summed E-state index contributed by atoms with van der Waals surface area (Å²) in [5, 5.41) is 12.0. The van der Waals surface area contributed by atoms with E-state index in [0.29, 0.717) is 15.9 Å². The lowest BCUT2D eigenvalue weighted by Gasteiger charge is -2.12. The highest BCUT2D eigenvalue weighted by Gasteiger charge is 2.18. The molecule has 0 fully saturated rings. The van der Waals surface area contributed by atoms with E-state index in [9.17, 15) is 10.1 Å². The van der Waals surface area contributed by atoms with Gasteiger partial charge in [-0.1, -0.05) is 6.07 Å². The summed E-state index contributed by atoms with van der Waals surface area (Å²) in [5.74, 6) is 0.670. The normalized spacial score (nSPS) is 10.2. The predicted molar refractivity (Wildman–Crippen MR) is 73.6 cm³/mol. The number of rotatable bonds is 4. The number of anilines is 1. The lowest BCUT2D eigenvalue weighted by molar-refractivity contribution is -0.388. The van der Waals surface area contributed by atoms with Crippen LogP contribution in [0.5, 0.6) is 0 Å². The lowest BCUT2D eigenvalue weighted by atomic mass is 10.4. The number of hydrogen-bond donors (Lipinski definition) is 0. The molecule has 7 heteroatoms. The molecule has 0 spiro atoms. The molecule has 0 bridgehead atoms. The van der Waals surface area contributed by atoms with Crippen LogP contribution in [-0.4, -0.2) is 29.0 Å². The Bertz CT molecular complexity index is 590. The van der Waals surface area contributed by atoms with E-state index in [4.69, 9.17) is 0 Å². The van der Waals surface area contributed by atoms with Crippen LogP contribution in [0.15, 0.2) is 46.6 Å². The number of nitro groups is 1. The number of hydrogen-bond acceptors (Lipinski definition) is 6. The Morgan fingerprint density at radius 3 is 2.63 bits per heavy atom. The fraction of sp³-hybridized carbons (Fsp3) is 0.167. The second kappa shape index (κ2) is 5.66. The molecule has 0 amide bonds. The average Bonchev–Trinajstić information content (AvgIpc) is 2.39. The monoisotopic (exact) mass is 276 g/mol. The largest absolute Gasteiger partial charge is 0.363 e. The average molecular weight is 276 g/mol. The number of nitrogens with zero attached hydrogens (tertiary/aromatic N) is 4. The molecule has 2 aromatic rings. The standard InChI is InChI=1S/C12H12N4O2S/c1-15(2)10-7-6-9(16(17)18)12(14-10)19-11-5-3-4-8-13-11/h3-8H,1-2H3. The summed E-state index contributed by atoms with van der Waals surface area (Å²) in [6.07, 6.45) is 1.64. The van der Waals surface area contributed by atoms with E-state index < -0.39 is 4.92 Å². The van der Waals surface area contributed by atoms with Gasteiger partial charge in [0.15, 0.2) is 5.03 Å². The minimum Gasteiger partial charge on any atom is -0.363 e. The SMILES string of the molecule is CN(C)c1ccc([N+](=O)[O-])c(Sc2ccccn2)n1. The van der Waals surface area contributed by atoms with Crippen LogP contribution in [0.2, 0.25) is 0 Å². The van der Waals surface area contributed by atoms with Crippen LogP contribution in [-0.2, 0) is 0 Å². The van der Waals surface area contributed by atoms with Crippen molar-refractivity contribution in [2.45, 2.75) is 10.1 Å². The highest BCUT2D eigenvalue weighted by atomic mass is 32.2.